The molecule has 0 saturated carbocycles. The van der Waals surface area contributed by atoms with Gasteiger partial charge in [-0.2, -0.15) is 0 Å². The lowest BCUT2D eigenvalue weighted by Crippen LogP contribution is -2.37. The molecular weight excluding hydrogens is 542 g/mol. The minimum atomic E-state index is -0.0712. The molecule has 0 spiro atoms. The Balaban J connectivity index is 0.000000335. The van der Waals surface area contributed by atoms with Crippen molar-refractivity contribution in [3.05, 3.63) is 58.7 Å². The van der Waals surface area contributed by atoms with Gasteiger partial charge in [-0.05, 0) is 107 Å². The molecule has 4 nitrogen and oxygen atoms in total. The zero-order valence-electron chi connectivity index (χ0n) is 29.4. The zero-order valence-corrected chi connectivity index (χ0v) is 29.4. The summed E-state index contributed by atoms with van der Waals surface area (Å²) in [6.07, 6.45) is 14.1. The molecule has 2 aromatic carbocycles. The van der Waals surface area contributed by atoms with Crippen LogP contribution < -0.4 is 9.47 Å². The third-order valence-corrected chi connectivity index (χ3v) is 9.73. The summed E-state index contributed by atoms with van der Waals surface area (Å²) in [6.45, 7) is 20.6. The lowest BCUT2D eigenvalue weighted by atomic mass is 9.84. The van der Waals surface area contributed by atoms with Gasteiger partial charge in [0.1, 0.15) is 17.1 Å². The van der Waals surface area contributed by atoms with Gasteiger partial charge in [0.25, 0.3) is 0 Å². The minimum absolute atomic E-state index is 0.0712. The van der Waals surface area contributed by atoms with Gasteiger partial charge < -0.3 is 14.6 Å². The number of hydrogen-bond donors (Lipinski definition) is 1. The van der Waals surface area contributed by atoms with Crippen LogP contribution in [0.5, 0.6) is 17.4 Å². The van der Waals surface area contributed by atoms with Crippen molar-refractivity contribution in [3.63, 3.8) is 0 Å². The molecule has 2 unspecified atom stereocenters. The Hall–Kier alpha value is -2.75. The first-order chi connectivity index (χ1) is 20.9. The van der Waals surface area contributed by atoms with Gasteiger partial charge in [0.15, 0.2) is 0 Å². The van der Waals surface area contributed by atoms with E-state index < -0.39 is 0 Å². The number of phenols is 1. The lowest BCUT2D eigenvalue weighted by molar-refractivity contribution is 0.0512. The highest BCUT2D eigenvalue weighted by Crippen LogP contribution is 2.44. The maximum Gasteiger partial charge on any atom is 0.213 e. The number of pyridine rings is 1. The number of ether oxygens (including phenoxy) is 2. The number of hydrogen-bond acceptors (Lipinski definition) is 4. The van der Waals surface area contributed by atoms with Gasteiger partial charge in [-0.25, -0.2) is 4.98 Å². The summed E-state index contributed by atoms with van der Waals surface area (Å²) in [5, 5.41) is 11.5. The molecule has 0 amide bonds. The second-order valence-electron chi connectivity index (χ2n) is 14.2. The SMILES string of the molecule is CCOc1ccc2ccccc2n1.Cc1c(C)c2c(c(C)c1O)CC[C@@](C)(CCCC(C)CCCC(C)CCCC(C)C)O2. The third-order valence-electron chi connectivity index (χ3n) is 9.73. The number of fused-ring (bicyclic) bond motifs is 2. The van der Waals surface area contributed by atoms with Crippen LogP contribution in [-0.4, -0.2) is 22.3 Å². The average molecular weight is 604 g/mol. The van der Waals surface area contributed by atoms with Crippen LogP contribution in [0.3, 0.4) is 0 Å². The molecule has 0 radical (unpaired) electrons. The Labute approximate surface area is 269 Å². The maximum atomic E-state index is 10.4. The smallest absolute Gasteiger partial charge is 0.213 e. The molecule has 4 heteroatoms. The van der Waals surface area contributed by atoms with E-state index in [0.717, 1.165) is 70.4 Å². The molecule has 3 atom stereocenters. The number of benzene rings is 2. The standard InChI is InChI=1S/C29H50O2.C11H11NO/c1-20(2)12-9-13-21(3)14-10-15-22(4)16-11-18-29(8)19-17-26-25(7)27(30)23(5)24(6)28(26)31-29;1-2-13-11-8-7-9-5-3-4-6-10(9)12-11/h20-22,30H,9-19H2,1-8H3;3-8H,2H2,1H3/t21?,22?,29-;/m1./s1. The van der Waals surface area contributed by atoms with E-state index in [1.807, 2.05) is 57.2 Å². The largest absolute Gasteiger partial charge is 0.507 e. The second kappa shape index (κ2) is 17.1. The predicted molar refractivity (Wildman–Crippen MR) is 187 cm³/mol. The highest BCUT2D eigenvalue weighted by Gasteiger charge is 2.34. The number of aromatic nitrogens is 1. The van der Waals surface area contributed by atoms with E-state index in [2.05, 4.69) is 46.5 Å². The van der Waals surface area contributed by atoms with E-state index in [1.165, 1.54) is 56.9 Å². The van der Waals surface area contributed by atoms with Crippen LogP contribution in [0, 0.1) is 38.5 Å². The quantitative estimate of drug-likeness (QED) is 0.199. The molecular formula is C40H61NO3. The van der Waals surface area contributed by atoms with Crippen LogP contribution >= 0.6 is 0 Å². The summed E-state index contributed by atoms with van der Waals surface area (Å²) in [6, 6.07) is 11.9. The Kier molecular flexibility index (Phi) is 13.9. The monoisotopic (exact) mass is 603 g/mol. The van der Waals surface area contributed by atoms with Crippen molar-refractivity contribution in [2.45, 2.75) is 139 Å². The molecule has 0 fully saturated rings. The fourth-order valence-electron chi connectivity index (χ4n) is 6.55. The molecule has 3 aromatic rings. The number of phenolic OH excluding ortho intramolecular Hbond substituents is 1. The highest BCUT2D eigenvalue weighted by molar-refractivity contribution is 5.78. The topological polar surface area (TPSA) is 51.6 Å². The molecule has 4 rings (SSSR count). The van der Waals surface area contributed by atoms with Crippen LogP contribution in [0.1, 0.15) is 128 Å². The van der Waals surface area contributed by atoms with Gasteiger partial charge in [0.2, 0.25) is 5.88 Å². The molecule has 2 heterocycles. The molecule has 0 bridgehead atoms. The molecule has 1 aliphatic heterocycles. The molecule has 0 aliphatic carbocycles. The van der Waals surface area contributed by atoms with Gasteiger partial charge in [-0.1, -0.05) is 90.8 Å². The van der Waals surface area contributed by atoms with E-state index >= 15 is 0 Å². The minimum Gasteiger partial charge on any atom is -0.507 e. The lowest BCUT2D eigenvalue weighted by Gasteiger charge is -2.38. The Bertz CT molecular complexity index is 1320. The highest BCUT2D eigenvalue weighted by atomic mass is 16.5. The number of aromatic hydroxyl groups is 1. The second-order valence-corrected chi connectivity index (χ2v) is 14.2. The van der Waals surface area contributed by atoms with E-state index in [1.54, 1.807) is 0 Å². The Morgan fingerprint density at radius 1 is 0.841 bits per heavy atom. The van der Waals surface area contributed by atoms with Gasteiger partial charge in [-0.3, -0.25) is 0 Å². The first kappa shape index (κ1) is 35.7. The van der Waals surface area contributed by atoms with Gasteiger partial charge in [0.05, 0.1) is 12.1 Å². The summed E-state index contributed by atoms with van der Waals surface area (Å²) in [4.78, 5) is 4.34. The molecule has 1 aromatic heterocycles. The van der Waals surface area contributed by atoms with Crippen LogP contribution in [0.25, 0.3) is 10.9 Å². The number of rotatable bonds is 14. The normalized spacial score (nSPS) is 17.4. The molecule has 1 N–H and O–H groups in total. The first-order valence-corrected chi connectivity index (χ1v) is 17.4. The molecule has 1 aliphatic rings. The fraction of sp³-hybridized carbons (Fsp3) is 0.625. The van der Waals surface area contributed by atoms with E-state index in [4.69, 9.17) is 9.47 Å². The van der Waals surface area contributed by atoms with Gasteiger partial charge in [0, 0.05) is 17.0 Å². The number of para-hydroxylation sites is 1. The van der Waals surface area contributed by atoms with Crippen molar-refractivity contribution in [1.82, 2.24) is 4.98 Å². The van der Waals surface area contributed by atoms with E-state index in [0.29, 0.717) is 18.2 Å². The summed E-state index contributed by atoms with van der Waals surface area (Å²) < 4.78 is 11.9. The molecule has 0 saturated heterocycles. The predicted octanol–water partition coefficient (Wildman–Crippen LogP) is 11.5. The summed E-state index contributed by atoms with van der Waals surface area (Å²) in [5.41, 5.74) is 5.21. The van der Waals surface area contributed by atoms with Crippen LogP contribution in [-0.2, 0) is 6.42 Å². The average Bonchev–Trinajstić information content (AvgIpc) is 2.99. The van der Waals surface area contributed by atoms with Crippen molar-refractivity contribution in [3.8, 4) is 17.4 Å². The summed E-state index contributed by atoms with van der Waals surface area (Å²) >= 11 is 0. The van der Waals surface area contributed by atoms with Gasteiger partial charge >= 0.3 is 0 Å². The summed E-state index contributed by atoms with van der Waals surface area (Å²) in [7, 11) is 0. The Morgan fingerprint density at radius 2 is 1.48 bits per heavy atom. The van der Waals surface area contributed by atoms with Gasteiger partial charge in [-0.15, -0.1) is 0 Å². The first-order valence-electron chi connectivity index (χ1n) is 17.4. The van der Waals surface area contributed by atoms with E-state index in [9.17, 15) is 5.11 Å². The van der Waals surface area contributed by atoms with Crippen LogP contribution in [0.15, 0.2) is 36.4 Å². The van der Waals surface area contributed by atoms with Crippen molar-refractivity contribution >= 4 is 10.9 Å². The molecule has 244 valence electrons. The van der Waals surface area contributed by atoms with Crippen molar-refractivity contribution in [2.24, 2.45) is 17.8 Å². The maximum absolute atomic E-state index is 10.4. The van der Waals surface area contributed by atoms with Crippen LogP contribution in [0.2, 0.25) is 0 Å². The van der Waals surface area contributed by atoms with Crippen molar-refractivity contribution in [1.29, 1.82) is 0 Å². The van der Waals surface area contributed by atoms with Crippen molar-refractivity contribution in [2.75, 3.05) is 6.61 Å². The van der Waals surface area contributed by atoms with Crippen LogP contribution in [0.4, 0.5) is 0 Å². The molecule has 44 heavy (non-hydrogen) atoms. The van der Waals surface area contributed by atoms with Crippen molar-refractivity contribution < 1.29 is 14.6 Å². The number of nitrogens with zero attached hydrogens (tertiary/aromatic N) is 1. The summed E-state index contributed by atoms with van der Waals surface area (Å²) in [5.74, 6) is 4.73. The Morgan fingerprint density at radius 3 is 2.14 bits per heavy atom. The van der Waals surface area contributed by atoms with E-state index in [-0.39, 0.29) is 5.60 Å². The fourth-order valence-corrected chi connectivity index (χ4v) is 6.55. The third kappa shape index (κ3) is 10.4. The zero-order chi connectivity index (χ0) is 32.3.